The van der Waals surface area contributed by atoms with Crippen LogP contribution in [0.2, 0.25) is 0 Å². The Bertz CT molecular complexity index is 1430. The van der Waals surface area contributed by atoms with Crippen molar-refractivity contribution in [2.24, 2.45) is 5.73 Å². The van der Waals surface area contributed by atoms with Crippen LogP contribution >= 0.6 is 15.9 Å². The number of H-pyrrole nitrogens is 1. The Morgan fingerprint density at radius 3 is 2.55 bits per heavy atom. The lowest BCUT2D eigenvalue weighted by molar-refractivity contribution is -0.241. The van der Waals surface area contributed by atoms with Gasteiger partial charge in [-0.3, -0.25) is 23.9 Å². The molecule has 4 rings (SSSR count). The summed E-state index contributed by atoms with van der Waals surface area (Å²) in [4.78, 5) is 51.0. The first-order chi connectivity index (χ1) is 18.9. The molecular formula is C24H27BrN4O11. The number of nitrogens with one attached hydrogen (secondary N) is 2. The van der Waals surface area contributed by atoms with Crippen molar-refractivity contribution in [3.8, 4) is 0 Å². The average molecular weight is 627 g/mol. The second-order valence-corrected chi connectivity index (χ2v) is 9.93. The molecule has 216 valence electrons. The van der Waals surface area contributed by atoms with E-state index in [9.17, 15) is 34.5 Å². The fraction of sp³-hybridized carbons (Fsp3) is 0.417. The van der Waals surface area contributed by atoms with E-state index in [0.717, 1.165) is 32.9 Å². The van der Waals surface area contributed by atoms with Crippen LogP contribution in [0.5, 0.6) is 0 Å². The molecule has 0 radical (unpaired) electrons. The summed E-state index contributed by atoms with van der Waals surface area (Å²) in [5, 5.41) is 34.3. The topological polar surface area (TPSA) is 225 Å². The predicted molar refractivity (Wildman–Crippen MR) is 139 cm³/mol. The number of anilines is 1. The van der Waals surface area contributed by atoms with Crippen molar-refractivity contribution in [2.75, 3.05) is 12.4 Å². The quantitative estimate of drug-likeness (QED) is 0.195. The van der Waals surface area contributed by atoms with E-state index in [1.54, 1.807) is 18.2 Å². The lowest BCUT2D eigenvalue weighted by Gasteiger charge is -2.35. The monoisotopic (exact) mass is 626 g/mol. The molecule has 1 aromatic carbocycles. The molecule has 8 atom stereocenters. The largest absolute Gasteiger partial charge is 0.456 e. The van der Waals surface area contributed by atoms with Gasteiger partial charge in [-0.1, -0.05) is 15.9 Å². The van der Waals surface area contributed by atoms with Gasteiger partial charge in [0.15, 0.2) is 18.1 Å². The lowest BCUT2D eigenvalue weighted by Crippen LogP contribution is -2.53. The zero-order valence-corrected chi connectivity index (χ0v) is 22.7. The summed E-state index contributed by atoms with van der Waals surface area (Å²) in [6.45, 7) is 1.82. The van der Waals surface area contributed by atoms with Gasteiger partial charge in [0.05, 0.1) is 0 Å². The summed E-state index contributed by atoms with van der Waals surface area (Å²) in [6, 6.07) is 6.06. The van der Waals surface area contributed by atoms with Gasteiger partial charge < -0.3 is 45.3 Å². The van der Waals surface area contributed by atoms with Crippen molar-refractivity contribution >= 4 is 33.4 Å². The highest BCUT2D eigenvalue weighted by atomic mass is 79.9. The standard InChI is InChI=1S/C24H27BrN4O11/c1-9-7-10(3-4-11(9)25)27-21(35)13-8-12(30)15(32)23(38-13)40-19(20(26)34)18-17(37-2)16(33)22(39-18)29-6-5-14(31)28-24(29)36/h3-8,12,15-19,22-23,30,32-33H,1-2H3,(H2,26,34)(H,27,35)(H,28,31,36)/t12-,15-,16+,17-,18-,19+,22+,23+/m0/s1. The third kappa shape index (κ3) is 6.02. The van der Waals surface area contributed by atoms with E-state index in [0.29, 0.717) is 5.69 Å². The van der Waals surface area contributed by atoms with Crippen LogP contribution in [0.3, 0.4) is 0 Å². The van der Waals surface area contributed by atoms with Crippen LogP contribution in [0.15, 0.2) is 56.4 Å². The number of aryl methyl sites for hydroxylation is 1. The summed E-state index contributed by atoms with van der Waals surface area (Å²) in [6.07, 6.45) is -10.6. The van der Waals surface area contributed by atoms with Crippen molar-refractivity contribution in [3.05, 3.63) is 73.2 Å². The summed E-state index contributed by atoms with van der Waals surface area (Å²) in [7, 11) is 1.20. The molecule has 40 heavy (non-hydrogen) atoms. The van der Waals surface area contributed by atoms with Crippen LogP contribution < -0.4 is 22.3 Å². The zero-order chi connectivity index (χ0) is 29.3. The Morgan fingerprint density at radius 1 is 1.20 bits per heavy atom. The van der Waals surface area contributed by atoms with Gasteiger partial charge in [0, 0.05) is 29.5 Å². The van der Waals surface area contributed by atoms with Gasteiger partial charge in [-0.25, -0.2) is 4.79 Å². The minimum Gasteiger partial charge on any atom is -0.456 e. The highest BCUT2D eigenvalue weighted by molar-refractivity contribution is 9.10. The number of aliphatic hydroxyl groups is 3. The molecule has 1 fully saturated rings. The number of nitrogens with two attached hydrogens (primary N) is 1. The van der Waals surface area contributed by atoms with Crippen molar-refractivity contribution in [3.63, 3.8) is 0 Å². The molecule has 16 heteroatoms. The number of aliphatic hydroxyl groups excluding tert-OH is 3. The minimum atomic E-state index is -1.79. The fourth-order valence-electron chi connectivity index (χ4n) is 4.30. The summed E-state index contributed by atoms with van der Waals surface area (Å²) in [5.41, 5.74) is 5.21. The van der Waals surface area contributed by atoms with Gasteiger partial charge in [0.25, 0.3) is 11.5 Å². The molecule has 0 unspecified atom stereocenters. The zero-order valence-electron chi connectivity index (χ0n) is 21.1. The molecular weight excluding hydrogens is 600 g/mol. The molecule has 1 saturated heterocycles. The van der Waals surface area contributed by atoms with E-state index >= 15 is 0 Å². The van der Waals surface area contributed by atoms with E-state index < -0.39 is 78.0 Å². The molecule has 2 amide bonds. The number of carbonyl (C=O) groups is 2. The molecule has 3 heterocycles. The van der Waals surface area contributed by atoms with E-state index in [4.69, 9.17) is 24.7 Å². The molecule has 7 N–H and O–H groups in total. The molecule has 0 aliphatic carbocycles. The Kier molecular flexibility index (Phi) is 8.89. The SMILES string of the molecule is CO[C@H]1[C@@H](O)[C@H](n2ccc(=O)[nH]c2=O)O[C@@H]1[C@@H](O[C@H]1OC(C(=O)Nc2ccc(Br)c(C)c2)=C[C@H](O)[C@@H]1O)C(N)=O. The number of hydrogen-bond donors (Lipinski definition) is 6. The Labute approximate surface area is 234 Å². The second-order valence-electron chi connectivity index (χ2n) is 9.08. The van der Waals surface area contributed by atoms with E-state index in [1.807, 2.05) is 11.9 Å². The number of halogens is 1. The highest BCUT2D eigenvalue weighted by Crippen LogP contribution is 2.34. The van der Waals surface area contributed by atoms with Crippen LogP contribution in [0.1, 0.15) is 11.8 Å². The van der Waals surface area contributed by atoms with Gasteiger partial charge in [0.2, 0.25) is 12.2 Å². The minimum absolute atomic E-state index is 0.417. The van der Waals surface area contributed by atoms with Gasteiger partial charge >= 0.3 is 5.69 Å². The number of ether oxygens (including phenoxy) is 4. The van der Waals surface area contributed by atoms with Crippen molar-refractivity contribution in [2.45, 2.75) is 56.1 Å². The number of carbonyl (C=O) groups excluding carboxylic acids is 2. The first-order valence-corrected chi connectivity index (χ1v) is 12.6. The lowest BCUT2D eigenvalue weighted by atomic mass is 10.0. The van der Waals surface area contributed by atoms with Crippen LogP contribution in [0.25, 0.3) is 0 Å². The predicted octanol–water partition coefficient (Wildman–Crippen LogP) is -1.65. The first kappa shape index (κ1) is 29.6. The number of rotatable bonds is 8. The summed E-state index contributed by atoms with van der Waals surface area (Å²) < 4.78 is 23.8. The van der Waals surface area contributed by atoms with Crippen LogP contribution in [-0.4, -0.2) is 86.7 Å². The third-order valence-electron chi connectivity index (χ3n) is 6.34. The number of methoxy groups -OCH3 is 1. The number of nitrogens with zero attached hydrogens (tertiary/aromatic N) is 1. The third-order valence-corrected chi connectivity index (χ3v) is 7.23. The van der Waals surface area contributed by atoms with Crippen molar-refractivity contribution in [1.82, 2.24) is 9.55 Å². The number of amides is 2. The van der Waals surface area contributed by atoms with Crippen molar-refractivity contribution in [1.29, 1.82) is 0 Å². The van der Waals surface area contributed by atoms with Crippen molar-refractivity contribution < 1.29 is 43.9 Å². The normalized spacial score (nSPS) is 28.9. The Hall–Kier alpha value is -3.38. The summed E-state index contributed by atoms with van der Waals surface area (Å²) >= 11 is 3.36. The number of benzene rings is 1. The number of hydrogen-bond acceptors (Lipinski definition) is 11. The molecule has 1 aromatic heterocycles. The van der Waals surface area contributed by atoms with Gasteiger partial charge in [-0.15, -0.1) is 0 Å². The first-order valence-electron chi connectivity index (χ1n) is 11.9. The smallest absolute Gasteiger partial charge is 0.330 e. The molecule has 2 aliphatic rings. The van der Waals surface area contributed by atoms with Gasteiger partial charge in [0.1, 0.15) is 30.5 Å². The number of aromatic amines is 1. The molecule has 15 nitrogen and oxygen atoms in total. The molecule has 2 aliphatic heterocycles. The Balaban J connectivity index is 1.54. The maximum Gasteiger partial charge on any atom is 0.330 e. The maximum absolute atomic E-state index is 12.8. The number of primary amides is 1. The van der Waals surface area contributed by atoms with E-state index in [2.05, 4.69) is 21.2 Å². The van der Waals surface area contributed by atoms with Crippen LogP contribution in [-0.2, 0) is 28.5 Å². The Morgan fingerprint density at radius 2 is 1.93 bits per heavy atom. The van der Waals surface area contributed by atoms with Gasteiger partial charge in [-0.2, -0.15) is 0 Å². The molecule has 0 saturated carbocycles. The number of aromatic nitrogens is 2. The fourth-order valence-corrected chi connectivity index (χ4v) is 4.55. The molecule has 2 aromatic rings. The second kappa shape index (κ2) is 12.0. The molecule has 0 bridgehead atoms. The van der Waals surface area contributed by atoms with Crippen LogP contribution in [0.4, 0.5) is 5.69 Å². The van der Waals surface area contributed by atoms with Gasteiger partial charge in [-0.05, 0) is 36.8 Å². The highest BCUT2D eigenvalue weighted by Gasteiger charge is 2.52. The van der Waals surface area contributed by atoms with E-state index in [-0.39, 0.29) is 0 Å². The van der Waals surface area contributed by atoms with Crippen LogP contribution in [0, 0.1) is 6.92 Å². The van der Waals surface area contributed by atoms with E-state index in [1.165, 1.54) is 7.11 Å². The average Bonchev–Trinajstić information content (AvgIpc) is 3.22. The maximum atomic E-state index is 12.8. The molecule has 0 spiro atoms. The summed E-state index contributed by atoms with van der Waals surface area (Å²) in [5.74, 6) is -2.33.